The number of rotatable bonds is 3. The minimum atomic E-state index is -1.58. The highest BCUT2D eigenvalue weighted by atomic mass is 35.5. The molecule has 1 fully saturated rings. The summed E-state index contributed by atoms with van der Waals surface area (Å²) in [5.41, 5.74) is 5.43. The number of hydrogen-bond acceptors (Lipinski definition) is 2. The molecule has 1 aromatic carbocycles. The number of amides is 1. The number of carbonyl (C=O) groups is 1. The predicted molar refractivity (Wildman–Crippen MR) is 75.9 cm³/mol. The zero-order chi connectivity index (χ0) is 14.8. The molecule has 0 aliphatic heterocycles. The monoisotopic (exact) mass is 322 g/mol. The van der Waals surface area contributed by atoms with Crippen molar-refractivity contribution >= 4 is 18.3 Å². The van der Waals surface area contributed by atoms with Crippen LogP contribution in [-0.4, -0.2) is 18.0 Å². The van der Waals surface area contributed by atoms with Gasteiger partial charge in [-0.1, -0.05) is 19.3 Å². The van der Waals surface area contributed by atoms with Crippen molar-refractivity contribution in [3.63, 3.8) is 0 Å². The number of hydrogen-bond donors (Lipinski definition) is 2. The summed E-state index contributed by atoms with van der Waals surface area (Å²) in [5.74, 6) is -4.99. The van der Waals surface area contributed by atoms with Gasteiger partial charge in [0.25, 0.3) is 5.91 Å². The van der Waals surface area contributed by atoms with Crippen LogP contribution >= 0.6 is 12.4 Å². The van der Waals surface area contributed by atoms with Gasteiger partial charge in [0, 0.05) is 17.6 Å². The first-order valence-corrected chi connectivity index (χ1v) is 6.63. The highest BCUT2D eigenvalue weighted by Gasteiger charge is 2.28. The van der Waals surface area contributed by atoms with Gasteiger partial charge in [0.15, 0.2) is 17.5 Å². The second kappa shape index (κ2) is 7.13. The average molecular weight is 323 g/mol. The third kappa shape index (κ3) is 4.35. The van der Waals surface area contributed by atoms with Crippen LogP contribution in [0.15, 0.2) is 12.1 Å². The molecular formula is C14H18ClF3N2O. The van der Waals surface area contributed by atoms with Crippen LogP contribution in [0.3, 0.4) is 0 Å². The molecule has 1 aromatic rings. The van der Waals surface area contributed by atoms with Crippen LogP contribution in [0.2, 0.25) is 0 Å². The third-order valence-electron chi connectivity index (χ3n) is 3.70. The van der Waals surface area contributed by atoms with Crippen molar-refractivity contribution in [1.82, 2.24) is 5.32 Å². The highest BCUT2D eigenvalue weighted by molar-refractivity contribution is 5.94. The second-order valence-corrected chi connectivity index (χ2v) is 5.36. The Morgan fingerprint density at radius 2 is 1.67 bits per heavy atom. The minimum absolute atomic E-state index is 0. The van der Waals surface area contributed by atoms with Crippen LogP contribution in [0, 0.1) is 17.5 Å². The van der Waals surface area contributed by atoms with Crippen molar-refractivity contribution in [2.75, 3.05) is 6.54 Å². The van der Waals surface area contributed by atoms with Crippen molar-refractivity contribution in [2.24, 2.45) is 5.73 Å². The maximum atomic E-state index is 13.1. The maximum absolute atomic E-state index is 13.1. The van der Waals surface area contributed by atoms with E-state index in [0.717, 1.165) is 32.1 Å². The average Bonchev–Trinajstić information content (AvgIpc) is 2.42. The molecule has 3 N–H and O–H groups in total. The lowest BCUT2D eigenvalue weighted by Gasteiger charge is -2.33. The lowest BCUT2D eigenvalue weighted by atomic mass is 9.82. The Morgan fingerprint density at radius 1 is 1.14 bits per heavy atom. The van der Waals surface area contributed by atoms with Gasteiger partial charge in [0.2, 0.25) is 0 Å². The van der Waals surface area contributed by atoms with E-state index in [1.54, 1.807) is 0 Å². The molecule has 0 radical (unpaired) electrons. The van der Waals surface area contributed by atoms with E-state index in [-0.39, 0.29) is 24.5 Å². The fraction of sp³-hybridized carbons (Fsp3) is 0.500. The Bertz CT molecular complexity index is 496. The summed E-state index contributed by atoms with van der Waals surface area (Å²) in [4.78, 5) is 11.8. The van der Waals surface area contributed by atoms with Crippen LogP contribution < -0.4 is 11.1 Å². The topological polar surface area (TPSA) is 55.1 Å². The molecule has 2 rings (SSSR count). The summed E-state index contributed by atoms with van der Waals surface area (Å²) in [6.45, 7) is 0.243. The van der Waals surface area contributed by atoms with Gasteiger partial charge >= 0.3 is 0 Å². The normalized spacial score (nSPS) is 17.0. The first-order chi connectivity index (χ1) is 9.41. The molecule has 0 bridgehead atoms. The van der Waals surface area contributed by atoms with Gasteiger partial charge in [-0.25, -0.2) is 13.2 Å². The molecule has 1 aliphatic carbocycles. The van der Waals surface area contributed by atoms with Gasteiger partial charge in [-0.2, -0.15) is 0 Å². The van der Waals surface area contributed by atoms with E-state index in [9.17, 15) is 18.0 Å². The van der Waals surface area contributed by atoms with E-state index < -0.39 is 28.9 Å². The van der Waals surface area contributed by atoms with E-state index in [2.05, 4.69) is 5.32 Å². The van der Waals surface area contributed by atoms with Gasteiger partial charge < -0.3 is 11.1 Å². The van der Waals surface area contributed by atoms with Gasteiger partial charge in [-0.05, 0) is 25.0 Å². The van der Waals surface area contributed by atoms with Gasteiger partial charge in [-0.15, -0.1) is 12.4 Å². The first-order valence-electron chi connectivity index (χ1n) is 6.63. The van der Waals surface area contributed by atoms with Crippen LogP contribution in [-0.2, 0) is 0 Å². The quantitative estimate of drug-likeness (QED) is 0.841. The van der Waals surface area contributed by atoms with E-state index >= 15 is 0 Å². The van der Waals surface area contributed by atoms with Crippen molar-refractivity contribution in [3.05, 3.63) is 35.1 Å². The molecule has 1 aliphatic rings. The summed E-state index contributed by atoms with van der Waals surface area (Å²) in [6, 6.07) is 1.36. The fourth-order valence-corrected chi connectivity index (χ4v) is 2.48. The smallest absolute Gasteiger partial charge is 0.251 e. The van der Waals surface area contributed by atoms with Crippen LogP contribution in [0.5, 0.6) is 0 Å². The number of benzene rings is 1. The zero-order valence-electron chi connectivity index (χ0n) is 11.4. The van der Waals surface area contributed by atoms with Gasteiger partial charge in [0.05, 0.1) is 0 Å². The van der Waals surface area contributed by atoms with Crippen LogP contribution in [0.4, 0.5) is 13.2 Å². The molecule has 0 spiro atoms. The Kier molecular flexibility index (Phi) is 6.04. The minimum Gasteiger partial charge on any atom is -0.350 e. The van der Waals surface area contributed by atoms with Crippen LogP contribution in [0.1, 0.15) is 42.5 Å². The molecule has 7 heteroatoms. The summed E-state index contributed by atoms with van der Waals surface area (Å²) in [6.07, 6.45) is 4.75. The molecular weight excluding hydrogens is 305 g/mol. The van der Waals surface area contributed by atoms with Crippen molar-refractivity contribution in [3.8, 4) is 0 Å². The molecule has 0 atom stereocenters. The summed E-state index contributed by atoms with van der Waals surface area (Å²) < 4.78 is 38.9. The molecule has 118 valence electrons. The van der Waals surface area contributed by atoms with E-state index in [4.69, 9.17) is 5.73 Å². The second-order valence-electron chi connectivity index (χ2n) is 5.36. The maximum Gasteiger partial charge on any atom is 0.251 e. The molecule has 1 amide bonds. The number of carbonyl (C=O) groups excluding carboxylic acids is 1. The van der Waals surface area contributed by atoms with Crippen molar-refractivity contribution < 1.29 is 18.0 Å². The van der Waals surface area contributed by atoms with Crippen molar-refractivity contribution in [2.45, 2.75) is 37.6 Å². The number of nitrogens with one attached hydrogen (secondary N) is 1. The SMILES string of the molecule is Cl.NC1(CNC(=O)c2cc(F)c(F)c(F)c2)CCCCC1. The molecule has 1 saturated carbocycles. The molecule has 0 unspecified atom stereocenters. The Hall–Kier alpha value is -1.27. The molecule has 0 heterocycles. The molecule has 3 nitrogen and oxygen atoms in total. The Labute approximate surface area is 127 Å². The van der Waals surface area contributed by atoms with E-state index in [1.165, 1.54) is 0 Å². The zero-order valence-corrected chi connectivity index (χ0v) is 12.2. The van der Waals surface area contributed by atoms with E-state index in [0.29, 0.717) is 12.1 Å². The standard InChI is InChI=1S/C14H17F3N2O.ClH/c15-10-6-9(7-11(16)12(10)17)13(20)19-8-14(18)4-2-1-3-5-14;/h6-7H,1-5,8,18H2,(H,19,20);1H. The molecule has 0 saturated heterocycles. The first kappa shape index (κ1) is 17.8. The lowest BCUT2D eigenvalue weighted by Crippen LogP contribution is -2.51. The fourth-order valence-electron chi connectivity index (χ4n) is 2.48. The third-order valence-corrected chi connectivity index (χ3v) is 3.70. The lowest BCUT2D eigenvalue weighted by molar-refractivity contribution is 0.0936. The van der Waals surface area contributed by atoms with Gasteiger partial charge in [0.1, 0.15) is 0 Å². The predicted octanol–water partition coefficient (Wildman–Crippen LogP) is 2.92. The van der Waals surface area contributed by atoms with E-state index in [1.807, 2.05) is 0 Å². The number of halogens is 4. The van der Waals surface area contributed by atoms with Crippen LogP contribution in [0.25, 0.3) is 0 Å². The largest absolute Gasteiger partial charge is 0.350 e. The summed E-state index contributed by atoms with van der Waals surface area (Å²) >= 11 is 0. The Balaban J connectivity index is 0.00000220. The molecule has 21 heavy (non-hydrogen) atoms. The molecule has 0 aromatic heterocycles. The summed E-state index contributed by atoms with van der Waals surface area (Å²) in [7, 11) is 0. The number of nitrogens with two attached hydrogens (primary N) is 1. The van der Waals surface area contributed by atoms with Crippen molar-refractivity contribution in [1.29, 1.82) is 0 Å². The van der Waals surface area contributed by atoms with Gasteiger partial charge in [-0.3, -0.25) is 4.79 Å². The highest BCUT2D eigenvalue weighted by Crippen LogP contribution is 2.25. The Morgan fingerprint density at radius 3 is 2.19 bits per heavy atom. The summed E-state index contributed by atoms with van der Waals surface area (Å²) in [5, 5.41) is 2.56.